The van der Waals surface area contributed by atoms with Gasteiger partial charge in [0.15, 0.2) is 5.65 Å². The van der Waals surface area contributed by atoms with Gasteiger partial charge in [-0.2, -0.15) is 0 Å². The molecule has 0 spiro atoms. The lowest BCUT2D eigenvalue weighted by molar-refractivity contribution is -0.139. The van der Waals surface area contributed by atoms with Gasteiger partial charge in [0.1, 0.15) is 17.9 Å². The zero-order valence-electron chi connectivity index (χ0n) is 9.85. The standard InChI is InChI=1S/C5H4N4.C5H9NO4/c1-4-5(8-2-6-1)9-3-7-4;6-3(5(9)10)1-2-4(7)8/h1-3H,(H,6,7,8,9);3H,1-2,6H2,(H,7,8)(H,9,10). The second-order valence-electron chi connectivity index (χ2n) is 3.54. The number of aromatic amines is 1. The molecule has 5 N–H and O–H groups in total. The van der Waals surface area contributed by atoms with Crippen molar-refractivity contribution in [2.45, 2.75) is 18.9 Å². The Morgan fingerprint density at radius 3 is 2.68 bits per heavy atom. The van der Waals surface area contributed by atoms with Gasteiger partial charge in [-0.3, -0.25) is 9.59 Å². The quantitative estimate of drug-likeness (QED) is 0.584. The Morgan fingerprint density at radius 2 is 2.11 bits per heavy atom. The maximum atomic E-state index is 9.99. The van der Waals surface area contributed by atoms with Gasteiger partial charge in [0, 0.05) is 6.42 Å². The van der Waals surface area contributed by atoms with Crippen LogP contribution >= 0.6 is 0 Å². The molecule has 1 atom stereocenters. The number of aliphatic carboxylic acids is 2. The predicted octanol–water partition coefficient (Wildman–Crippen LogP) is -0.384. The van der Waals surface area contributed by atoms with Crippen LogP contribution in [-0.4, -0.2) is 48.1 Å². The Balaban J connectivity index is 0.000000190. The van der Waals surface area contributed by atoms with E-state index in [1.165, 1.54) is 6.33 Å². The summed E-state index contributed by atoms with van der Waals surface area (Å²) in [7, 11) is 0. The maximum absolute atomic E-state index is 9.99. The van der Waals surface area contributed by atoms with Gasteiger partial charge in [0.2, 0.25) is 0 Å². The number of nitrogens with one attached hydrogen (secondary N) is 1. The van der Waals surface area contributed by atoms with Crippen LogP contribution in [0, 0.1) is 0 Å². The highest BCUT2D eigenvalue weighted by atomic mass is 16.4. The first kappa shape index (κ1) is 14.5. The van der Waals surface area contributed by atoms with Gasteiger partial charge in [-0.1, -0.05) is 0 Å². The number of imidazole rings is 1. The van der Waals surface area contributed by atoms with Crippen LogP contribution in [0.25, 0.3) is 11.2 Å². The van der Waals surface area contributed by atoms with Gasteiger partial charge in [0.25, 0.3) is 0 Å². The highest BCUT2D eigenvalue weighted by Crippen LogP contribution is 1.99. The molecule has 2 heterocycles. The molecule has 0 amide bonds. The summed E-state index contributed by atoms with van der Waals surface area (Å²) in [5.74, 6) is -2.20. The second kappa shape index (κ2) is 7.01. The van der Waals surface area contributed by atoms with Crippen molar-refractivity contribution < 1.29 is 19.8 Å². The minimum atomic E-state index is -1.17. The molecular weight excluding hydrogens is 254 g/mol. The molecule has 102 valence electrons. The van der Waals surface area contributed by atoms with Crippen molar-refractivity contribution in [2.75, 3.05) is 0 Å². The Labute approximate surface area is 107 Å². The largest absolute Gasteiger partial charge is 0.481 e. The summed E-state index contributed by atoms with van der Waals surface area (Å²) in [5, 5.41) is 16.3. The third-order valence-electron chi connectivity index (χ3n) is 2.08. The summed E-state index contributed by atoms with van der Waals surface area (Å²) < 4.78 is 0. The topological polar surface area (TPSA) is 155 Å². The summed E-state index contributed by atoms with van der Waals surface area (Å²) in [6.07, 6.45) is 4.54. The van der Waals surface area contributed by atoms with Crippen LogP contribution in [-0.2, 0) is 9.59 Å². The number of carboxylic acids is 2. The number of hydrogen-bond acceptors (Lipinski definition) is 6. The fourth-order valence-electron chi connectivity index (χ4n) is 1.09. The monoisotopic (exact) mass is 267 g/mol. The molecule has 2 aromatic heterocycles. The van der Waals surface area contributed by atoms with E-state index in [1.54, 1.807) is 12.5 Å². The van der Waals surface area contributed by atoms with Crippen LogP contribution in [0.5, 0.6) is 0 Å². The van der Waals surface area contributed by atoms with Crippen molar-refractivity contribution in [1.82, 2.24) is 19.9 Å². The molecule has 1 unspecified atom stereocenters. The Morgan fingerprint density at radius 1 is 1.37 bits per heavy atom. The second-order valence-corrected chi connectivity index (χ2v) is 3.54. The molecule has 19 heavy (non-hydrogen) atoms. The lowest BCUT2D eigenvalue weighted by atomic mass is 10.2. The van der Waals surface area contributed by atoms with Crippen LogP contribution in [0.4, 0.5) is 0 Å². The predicted molar refractivity (Wildman–Crippen MR) is 64.2 cm³/mol. The number of rotatable bonds is 4. The molecule has 0 aliphatic rings. The molecule has 9 nitrogen and oxygen atoms in total. The van der Waals surface area contributed by atoms with Crippen molar-refractivity contribution in [3.05, 3.63) is 18.9 Å². The normalized spacial score (nSPS) is 11.4. The molecule has 2 aromatic rings. The number of aromatic nitrogens is 4. The molecule has 0 fully saturated rings. The van der Waals surface area contributed by atoms with Crippen LogP contribution in [0.1, 0.15) is 12.8 Å². The summed E-state index contributed by atoms with van der Waals surface area (Å²) in [6.45, 7) is 0. The number of carbonyl (C=O) groups is 2. The van der Waals surface area contributed by atoms with Crippen LogP contribution in [0.2, 0.25) is 0 Å². The van der Waals surface area contributed by atoms with Gasteiger partial charge < -0.3 is 20.9 Å². The number of nitrogens with zero attached hydrogens (tertiary/aromatic N) is 3. The zero-order chi connectivity index (χ0) is 14.3. The molecule has 0 aliphatic heterocycles. The van der Waals surface area contributed by atoms with Crippen LogP contribution in [0.3, 0.4) is 0 Å². The third-order valence-corrected chi connectivity index (χ3v) is 2.08. The fourth-order valence-corrected chi connectivity index (χ4v) is 1.09. The van der Waals surface area contributed by atoms with E-state index in [1.807, 2.05) is 0 Å². The Hall–Kier alpha value is -2.55. The van der Waals surface area contributed by atoms with E-state index in [4.69, 9.17) is 15.9 Å². The lowest BCUT2D eigenvalue weighted by Crippen LogP contribution is -2.30. The van der Waals surface area contributed by atoms with E-state index in [-0.39, 0.29) is 12.8 Å². The molecule has 0 aromatic carbocycles. The maximum Gasteiger partial charge on any atom is 0.320 e. The summed E-state index contributed by atoms with van der Waals surface area (Å²) in [4.78, 5) is 34.4. The molecule has 2 rings (SSSR count). The van der Waals surface area contributed by atoms with Crippen LogP contribution < -0.4 is 5.73 Å². The molecule has 0 saturated heterocycles. The third kappa shape index (κ3) is 5.08. The number of hydrogen-bond donors (Lipinski definition) is 4. The van der Waals surface area contributed by atoms with Gasteiger partial charge in [-0.15, -0.1) is 0 Å². The first-order valence-electron chi connectivity index (χ1n) is 5.30. The number of nitrogens with two attached hydrogens (primary N) is 1. The van der Waals surface area contributed by atoms with Gasteiger partial charge in [-0.25, -0.2) is 15.0 Å². The lowest BCUT2D eigenvalue weighted by Gasteiger charge is -2.01. The van der Waals surface area contributed by atoms with E-state index in [0.717, 1.165) is 5.52 Å². The zero-order valence-corrected chi connectivity index (χ0v) is 9.85. The molecular formula is C10H13N5O4. The minimum absolute atomic E-state index is 0.0231. The fraction of sp³-hybridized carbons (Fsp3) is 0.300. The van der Waals surface area contributed by atoms with Crippen molar-refractivity contribution in [3.63, 3.8) is 0 Å². The average Bonchev–Trinajstić information content (AvgIpc) is 2.84. The number of H-pyrrole nitrogens is 1. The summed E-state index contributed by atoms with van der Waals surface area (Å²) in [6, 6.07) is -1.06. The van der Waals surface area contributed by atoms with Gasteiger partial charge in [-0.05, 0) is 6.42 Å². The van der Waals surface area contributed by atoms with Crippen LogP contribution in [0.15, 0.2) is 18.9 Å². The molecule has 9 heteroatoms. The van der Waals surface area contributed by atoms with Gasteiger partial charge in [0.05, 0.1) is 12.5 Å². The highest BCUT2D eigenvalue weighted by Gasteiger charge is 2.12. The number of carboxylic acid groups (broad SMARTS) is 2. The minimum Gasteiger partial charge on any atom is -0.481 e. The molecule has 0 aliphatic carbocycles. The van der Waals surface area contributed by atoms with Gasteiger partial charge >= 0.3 is 11.9 Å². The average molecular weight is 267 g/mol. The molecule has 0 bridgehead atoms. The SMILES string of the molecule is NC(CCC(=O)O)C(=O)O.c1ncc2[nH]cnc2n1. The summed E-state index contributed by atoms with van der Waals surface area (Å²) in [5.41, 5.74) is 6.59. The van der Waals surface area contributed by atoms with E-state index in [0.29, 0.717) is 5.65 Å². The van der Waals surface area contributed by atoms with E-state index < -0.39 is 18.0 Å². The Bertz CT molecular complexity index is 525. The first-order chi connectivity index (χ1) is 9.00. The smallest absolute Gasteiger partial charge is 0.320 e. The molecule has 0 saturated carbocycles. The van der Waals surface area contributed by atoms with E-state index in [2.05, 4.69) is 19.9 Å². The molecule has 0 radical (unpaired) electrons. The Kier molecular flexibility index (Phi) is 5.35. The number of fused-ring (bicyclic) bond motifs is 1. The summed E-state index contributed by atoms with van der Waals surface area (Å²) >= 11 is 0. The first-order valence-corrected chi connectivity index (χ1v) is 5.30. The van der Waals surface area contributed by atoms with Crippen molar-refractivity contribution in [1.29, 1.82) is 0 Å². The van der Waals surface area contributed by atoms with E-state index >= 15 is 0 Å². The van der Waals surface area contributed by atoms with Crippen molar-refractivity contribution in [3.8, 4) is 0 Å². The highest BCUT2D eigenvalue weighted by molar-refractivity contribution is 5.74. The van der Waals surface area contributed by atoms with E-state index in [9.17, 15) is 9.59 Å². The van der Waals surface area contributed by atoms with Crippen molar-refractivity contribution >= 4 is 23.1 Å². The van der Waals surface area contributed by atoms with Crippen molar-refractivity contribution in [2.24, 2.45) is 5.73 Å².